The molecule has 11 heteroatoms. The molecule has 10 nitrogen and oxygen atoms in total. The van der Waals surface area contributed by atoms with Gasteiger partial charge in [-0.1, -0.05) is 6.07 Å². The van der Waals surface area contributed by atoms with Crippen molar-refractivity contribution < 1.29 is 34.9 Å². The number of aliphatic hydroxyl groups excluding tert-OH is 1. The lowest BCUT2D eigenvalue weighted by molar-refractivity contribution is -0.000627. The number of aromatic hydroxyl groups is 1. The Balaban J connectivity index is 1.35. The molecule has 2 aliphatic heterocycles. The van der Waals surface area contributed by atoms with E-state index in [2.05, 4.69) is 4.90 Å². The fraction of sp³-hybridized carbons (Fsp3) is 0.632. The maximum atomic E-state index is 11.7. The highest BCUT2D eigenvalue weighted by Crippen LogP contribution is 2.56. The molecule has 1 spiro atoms. The van der Waals surface area contributed by atoms with E-state index in [0.717, 1.165) is 25.9 Å². The summed E-state index contributed by atoms with van der Waals surface area (Å²) in [5, 5.41) is 47.4. The van der Waals surface area contributed by atoms with E-state index in [1.54, 1.807) is 6.07 Å². The number of hydrogen-bond donors (Lipinski definition) is 6. The van der Waals surface area contributed by atoms with Crippen LogP contribution in [0.5, 0.6) is 11.5 Å². The van der Waals surface area contributed by atoms with E-state index in [9.17, 15) is 20.1 Å². The van der Waals surface area contributed by atoms with Gasteiger partial charge in [0.2, 0.25) is 0 Å². The number of carboxylic acids is 1. The molecule has 2 saturated heterocycles. The zero-order valence-electron chi connectivity index (χ0n) is 16.6. The van der Waals surface area contributed by atoms with Gasteiger partial charge in [-0.05, 0) is 37.2 Å². The van der Waals surface area contributed by atoms with Crippen molar-refractivity contribution in [3.63, 3.8) is 0 Å². The van der Waals surface area contributed by atoms with Crippen molar-refractivity contribution >= 4 is 13.1 Å². The highest BCUT2D eigenvalue weighted by atomic mass is 16.5. The Morgan fingerprint density at radius 3 is 2.70 bits per heavy atom. The van der Waals surface area contributed by atoms with E-state index >= 15 is 0 Å². The van der Waals surface area contributed by atoms with Crippen LogP contribution in [0.25, 0.3) is 0 Å². The molecule has 3 aliphatic rings. The van der Waals surface area contributed by atoms with Crippen LogP contribution in [-0.2, 0) is 6.42 Å². The molecule has 4 rings (SSSR count). The molecule has 0 amide bonds. The van der Waals surface area contributed by atoms with E-state index in [4.69, 9.17) is 20.5 Å². The number of aliphatic hydroxyl groups is 1. The number of ether oxygens (including phenoxy) is 1. The lowest BCUT2D eigenvalue weighted by atomic mass is 9.82. The van der Waals surface area contributed by atoms with Gasteiger partial charge in [-0.2, -0.15) is 0 Å². The number of carboxylic acid groups (broad SMARTS) is 1. The number of rotatable bonds is 8. The summed E-state index contributed by atoms with van der Waals surface area (Å²) in [6.07, 6.45) is 1.13. The van der Waals surface area contributed by atoms with Crippen LogP contribution in [0.1, 0.15) is 28.8 Å². The van der Waals surface area contributed by atoms with Gasteiger partial charge in [0, 0.05) is 37.6 Å². The monoisotopic (exact) mass is 421 g/mol. The number of likely N-dealkylation sites (tertiary alicyclic amines) is 2. The minimum absolute atomic E-state index is 0.00778. The summed E-state index contributed by atoms with van der Waals surface area (Å²) in [7, 11) is -1.53. The van der Waals surface area contributed by atoms with Crippen molar-refractivity contribution in [1.29, 1.82) is 0 Å². The lowest BCUT2D eigenvalue weighted by Crippen LogP contribution is -2.56. The van der Waals surface area contributed by atoms with Crippen molar-refractivity contribution in [2.75, 3.05) is 26.2 Å². The van der Waals surface area contributed by atoms with Crippen molar-refractivity contribution in [3.8, 4) is 11.5 Å². The Hall–Kier alpha value is -1.89. The second-order valence-corrected chi connectivity index (χ2v) is 8.68. The normalized spacial score (nSPS) is 27.8. The number of aryl methyl sites for hydroxylation is 1. The van der Waals surface area contributed by atoms with Gasteiger partial charge in [0.25, 0.3) is 0 Å². The molecule has 0 aromatic heterocycles. The minimum atomic E-state index is -1.53. The highest BCUT2D eigenvalue weighted by Gasteiger charge is 2.61. The summed E-state index contributed by atoms with van der Waals surface area (Å²) in [6, 6.07) is 3.50. The Kier molecular flexibility index (Phi) is 5.68. The van der Waals surface area contributed by atoms with Gasteiger partial charge in [-0.25, -0.2) is 4.79 Å². The van der Waals surface area contributed by atoms with Gasteiger partial charge in [0.05, 0.1) is 0 Å². The number of hydrogen-bond acceptors (Lipinski definition) is 9. The molecule has 1 aromatic carbocycles. The molecule has 3 atom stereocenters. The standard InChI is InChI=1S/C19H28BN3O7/c21-18(27)22-6-4-19(10-22)7-14(19)23-8-12(9-23)30-13-2-1-11(3-5-20(28)29)16(24)15(13)17(25)26/h1-2,12,14,18,24,27-29H,3-10,21H2,(H,25,26). The van der Waals surface area contributed by atoms with Crippen LogP contribution >= 0.6 is 0 Å². The quantitative estimate of drug-likeness (QED) is 0.224. The molecule has 0 bridgehead atoms. The molecule has 30 heavy (non-hydrogen) atoms. The maximum absolute atomic E-state index is 11.7. The zero-order valence-corrected chi connectivity index (χ0v) is 16.6. The number of carbonyl (C=O) groups is 1. The third-order valence-electron chi connectivity index (χ3n) is 6.66. The van der Waals surface area contributed by atoms with E-state index in [-0.39, 0.29) is 35.6 Å². The van der Waals surface area contributed by atoms with E-state index < -0.39 is 25.2 Å². The van der Waals surface area contributed by atoms with Gasteiger partial charge in [-0.3, -0.25) is 15.5 Å². The first-order chi connectivity index (χ1) is 14.2. The Bertz CT molecular complexity index is 818. The van der Waals surface area contributed by atoms with Gasteiger partial charge < -0.3 is 30.1 Å². The molecule has 164 valence electrons. The number of aromatic carboxylic acids is 1. The summed E-state index contributed by atoms with van der Waals surface area (Å²) in [5.41, 5.74) is 5.79. The fourth-order valence-corrected chi connectivity index (χ4v) is 4.82. The van der Waals surface area contributed by atoms with Gasteiger partial charge >= 0.3 is 13.1 Å². The zero-order chi connectivity index (χ0) is 21.6. The average molecular weight is 421 g/mol. The Morgan fingerprint density at radius 1 is 1.37 bits per heavy atom. The van der Waals surface area contributed by atoms with Crippen molar-refractivity contribution in [1.82, 2.24) is 9.80 Å². The van der Waals surface area contributed by atoms with Crippen molar-refractivity contribution in [2.45, 2.75) is 44.1 Å². The molecule has 3 fully saturated rings. The van der Waals surface area contributed by atoms with Crippen molar-refractivity contribution in [2.24, 2.45) is 11.1 Å². The first-order valence-electron chi connectivity index (χ1n) is 10.2. The first-order valence-corrected chi connectivity index (χ1v) is 10.2. The third kappa shape index (κ3) is 4.01. The number of nitrogens with two attached hydrogens (primary N) is 1. The molecule has 7 N–H and O–H groups in total. The summed E-state index contributed by atoms with van der Waals surface area (Å²) in [4.78, 5) is 15.9. The van der Waals surface area contributed by atoms with Crippen LogP contribution in [0.15, 0.2) is 12.1 Å². The average Bonchev–Trinajstić information content (AvgIpc) is 3.12. The van der Waals surface area contributed by atoms with Crippen LogP contribution in [-0.4, -0.2) is 92.9 Å². The fourth-order valence-electron chi connectivity index (χ4n) is 4.82. The molecule has 1 aromatic rings. The van der Waals surface area contributed by atoms with Crippen LogP contribution in [0.3, 0.4) is 0 Å². The number of nitrogens with zero attached hydrogens (tertiary/aromatic N) is 2. The molecule has 3 unspecified atom stereocenters. The predicted molar refractivity (Wildman–Crippen MR) is 107 cm³/mol. The van der Waals surface area contributed by atoms with Gasteiger partial charge in [0.1, 0.15) is 23.2 Å². The van der Waals surface area contributed by atoms with Crippen LogP contribution in [0, 0.1) is 5.41 Å². The van der Waals surface area contributed by atoms with E-state index in [1.165, 1.54) is 6.07 Å². The third-order valence-corrected chi connectivity index (χ3v) is 6.66. The van der Waals surface area contributed by atoms with Gasteiger partial charge in [0.15, 0.2) is 6.35 Å². The van der Waals surface area contributed by atoms with E-state index in [0.29, 0.717) is 24.7 Å². The molecule has 2 heterocycles. The predicted octanol–water partition coefficient (Wildman–Crippen LogP) is -1.13. The summed E-state index contributed by atoms with van der Waals surface area (Å²) >= 11 is 0. The van der Waals surface area contributed by atoms with Crippen LogP contribution < -0.4 is 10.5 Å². The van der Waals surface area contributed by atoms with Crippen LogP contribution in [0.2, 0.25) is 6.32 Å². The topological polar surface area (TPSA) is 160 Å². The largest absolute Gasteiger partial charge is 0.507 e. The molecule has 0 radical (unpaired) electrons. The van der Waals surface area contributed by atoms with Crippen molar-refractivity contribution in [3.05, 3.63) is 23.3 Å². The second-order valence-electron chi connectivity index (χ2n) is 8.68. The second kappa shape index (κ2) is 7.99. The summed E-state index contributed by atoms with van der Waals surface area (Å²) < 4.78 is 5.87. The molecule has 1 saturated carbocycles. The van der Waals surface area contributed by atoms with E-state index in [1.807, 2.05) is 4.90 Å². The summed E-state index contributed by atoms with van der Waals surface area (Å²) in [6.45, 7) is 2.94. The SMILES string of the molecule is NC(O)N1CCC2(CC2N2CC(Oc3ccc(CCB(O)O)c(O)c3C(=O)O)C2)C1. The summed E-state index contributed by atoms with van der Waals surface area (Å²) in [5.74, 6) is -1.58. The highest BCUT2D eigenvalue weighted by molar-refractivity contribution is 6.41. The molecule has 1 aliphatic carbocycles. The maximum Gasteiger partial charge on any atom is 0.451 e. The first kappa shape index (κ1) is 21.4. The Morgan fingerprint density at radius 2 is 2.10 bits per heavy atom. The number of phenols is 1. The molecular formula is C19H28BN3O7. The number of benzene rings is 1. The van der Waals surface area contributed by atoms with Gasteiger partial charge in [-0.15, -0.1) is 0 Å². The Labute approximate surface area is 174 Å². The lowest BCUT2D eigenvalue weighted by Gasteiger charge is -2.40. The smallest absolute Gasteiger partial charge is 0.451 e. The molecular weight excluding hydrogens is 393 g/mol. The minimum Gasteiger partial charge on any atom is -0.507 e. The van der Waals surface area contributed by atoms with Crippen LogP contribution in [0.4, 0.5) is 0 Å².